The Hall–Kier alpha value is -1.58. The Bertz CT molecular complexity index is 314. The normalized spacial score (nSPS) is 26.9. The molecule has 0 aromatic rings. The Morgan fingerprint density at radius 2 is 2.23 bits per heavy atom. The zero-order valence-corrected chi connectivity index (χ0v) is 7.40. The maximum absolute atomic E-state index is 10.9. The fraction of sp³-hybridized carbons (Fsp3) is 0.333. The zero-order valence-electron chi connectivity index (χ0n) is 7.40. The molecule has 1 rings (SSSR count). The summed E-state index contributed by atoms with van der Waals surface area (Å²) >= 11 is 0. The van der Waals surface area contributed by atoms with Crippen molar-refractivity contribution in [1.82, 2.24) is 0 Å². The van der Waals surface area contributed by atoms with E-state index in [1.807, 2.05) is 0 Å². The molecule has 1 atom stereocenters. The van der Waals surface area contributed by atoms with E-state index in [9.17, 15) is 9.59 Å². The Morgan fingerprint density at radius 1 is 1.62 bits per heavy atom. The van der Waals surface area contributed by atoms with E-state index in [4.69, 9.17) is 9.84 Å². The number of methoxy groups -OCH3 is 1. The maximum atomic E-state index is 10.9. The summed E-state index contributed by atoms with van der Waals surface area (Å²) in [5.41, 5.74) is -1.22. The molecule has 0 bridgehead atoms. The first kappa shape index (κ1) is 9.51. The number of carbonyl (C=O) groups is 2. The van der Waals surface area contributed by atoms with Crippen LogP contribution < -0.4 is 0 Å². The minimum Gasteiger partial charge on any atom is -0.499 e. The molecule has 0 radical (unpaired) electrons. The minimum absolute atomic E-state index is 0.160. The average Bonchev–Trinajstić information content (AvgIpc) is 2.09. The second-order valence-corrected chi connectivity index (χ2v) is 2.96. The lowest BCUT2D eigenvalue weighted by atomic mass is 9.84. The summed E-state index contributed by atoms with van der Waals surface area (Å²) in [5, 5.41) is 8.90. The number of ether oxygens (including phenoxy) is 1. The van der Waals surface area contributed by atoms with E-state index in [2.05, 4.69) is 0 Å². The summed E-state index contributed by atoms with van der Waals surface area (Å²) in [4.78, 5) is 21.8. The van der Waals surface area contributed by atoms with E-state index < -0.39 is 11.4 Å². The van der Waals surface area contributed by atoms with Crippen LogP contribution in [-0.4, -0.2) is 24.0 Å². The molecule has 0 amide bonds. The molecule has 0 spiro atoms. The Morgan fingerprint density at radius 3 is 2.69 bits per heavy atom. The number of hydrogen-bond donors (Lipinski definition) is 1. The molecule has 0 fully saturated rings. The van der Waals surface area contributed by atoms with Crippen LogP contribution in [0.4, 0.5) is 0 Å². The number of allylic oxidation sites excluding steroid dienone is 2. The maximum Gasteiger partial charge on any atom is 0.320 e. The quantitative estimate of drug-likeness (QED) is 0.684. The summed E-state index contributed by atoms with van der Waals surface area (Å²) in [6.07, 6.45) is 3.75. The second kappa shape index (κ2) is 3.05. The Kier molecular flexibility index (Phi) is 2.23. The highest BCUT2D eigenvalue weighted by molar-refractivity contribution is 6.03. The van der Waals surface area contributed by atoms with Crippen LogP contribution >= 0.6 is 0 Å². The topological polar surface area (TPSA) is 63.6 Å². The molecule has 0 unspecified atom stereocenters. The van der Waals surface area contributed by atoms with Gasteiger partial charge < -0.3 is 9.84 Å². The number of ketones is 1. The fourth-order valence-electron chi connectivity index (χ4n) is 1.11. The Balaban J connectivity index is 3.12. The summed E-state index contributed by atoms with van der Waals surface area (Å²) in [6.45, 7) is 1.48. The van der Waals surface area contributed by atoms with Crippen LogP contribution in [0.2, 0.25) is 0 Å². The van der Waals surface area contributed by atoms with Crippen LogP contribution in [-0.2, 0) is 14.3 Å². The molecule has 4 nitrogen and oxygen atoms in total. The van der Waals surface area contributed by atoms with Gasteiger partial charge in [-0.25, -0.2) is 0 Å². The third-order valence-corrected chi connectivity index (χ3v) is 2.03. The van der Waals surface area contributed by atoms with Gasteiger partial charge in [-0.2, -0.15) is 0 Å². The summed E-state index contributed by atoms with van der Waals surface area (Å²) in [7, 11) is 1.35. The van der Waals surface area contributed by atoms with Crippen LogP contribution in [0, 0.1) is 5.41 Å². The smallest absolute Gasteiger partial charge is 0.320 e. The summed E-state index contributed by atoms with van der Waals surface area (Å²) in [5.74, 6) is -1.13. The van der Waals surface area contributed by atoms with E-state index >= 15 is 0 Å². The van der Waals surface area contributed by atoms with Crippen molar-refractivity contribution >= 4 is 11.8 Å². The van der Waals surface area contributed by atoms with Gasteiger partial charge in [0.1, 0.15) is 11.2 Å². The van der Waals surface area contributed by atoms with Crippen molar-refractivity contribution in [2.75, 3.05) is 7.11 Å². The molecule has 0 heterocycles. The molecule has 0 aliphatic heterocycles. The average molecular weight is 182 g/mol. The fourth-order valence-corrected chi connectivity index (χ4v) is 1.11. The highest BCUT2D eigenvalue weighted by Gasteiger charge is 2.38. The number of aliphatic carboxylic acids is 1. The third kappa shape index (κ3) is 1.47. The minimum atomic E-state index is -1.22. The number of carboxylic acids is 1. The highest BCUT2D eigenvalue weighted by atomic mass is 16.5. The first-order valence-electron chi connectivity index (χ1n) is 3.73. The zero-order chi connectivity index (χ0) is 10.1. The lowest BCUT2D eigenvalue weighted by Gasteiger charge is -2.24. The van der Waals surface area contributed by atoms with Crippen LogP contribution in [0.3, 0.4) is 0 Å². The van der Waals surface area contributed by atoms with Crippen LogP contribution in [0.15, 0.2) is 24.0 Å². The third-order valence-electron chi connectivity index (χ3n) is 2.03. The van der Waals surface area contributed by atoms with Crippen molar-refractivity contribution in [3.63, 3.8) is 0 Å². The van der Waals surface area contributed by atoms with E-state index in [1.54, 1.807) is 0 Å². The molecule has 1 N–H and O–H groups in total. The SMILES string of the molecule is COC1=CC(=O)C=C[C@]1(C)C(=O)O. The van der Waals surface area contributed by atoms with Crippen LogP contribution in [0.25, 0.3) is 0 Å². The summed E-state index contributed by atoms with van der Waals surface area (Å²) < 4.78 is 4.85. The summed E-state index contributed by atoms with van der Waals surface area (Å²) in [6, 6.07) is 0. The van der Waals surface area contributed by atoms with E-state index in [0.29, 0.717) is 0 Å². The lowest BCUT2D eigenvalue weighted by molar-refractivity contribution is -0.144. The lowest BCUT2D eigenvalue weighted by Crippen LogP contribution is -2.31. The molecular weight excluding hydrogens is 172 g/mol. The van der Waals surface area contributed by atoms with Crippen LogP contribution in [0.5, 0.6) is 0 Å². The Labute approximate surface area is 75.5 Å². The molecule has 13 heavy (non-hydrogen) atoms. The molecular formula is C9H10O4. The van der Waals surface area contributed by atoms with Gasteiger partial charge in [0.25, 0.3) is 0 Å². The number of hydrogen-bond acceptors (Lipinski definition) is 3. The number of rotatable bonds is 2. The van der Waals surface area contributed by atoms with Crippen molar-refractivity contribution in [2.24, 2.45) is 5.41 Å². The molecule has 70 valence electrons. The molecule has 0 aromatic heterocycles. The van der Waals surface area contributed by atoms with Crippen molar-refractivity contribution in [1.29, 1.82) is 0 Å². The standard InChI is InChI=1S/C9H10O4/c1-9(8(11)12)4-3-6(10)5-7(9)13-2/h3-5H,1-2H3,(H,11,12)/t9-/m0/s1. The van der Waals surface area contributed by atoms with Crippen molar-refractivity contribution in [3.05, 3.63) is 24.0 Å². The van der Waals surface area contributed by atoms with Gasteiger partial charge in [0.2, 0.25) is 0 Å². The van der Waals surface area contributed by atoms with E-state index in [0.717, 1.165) is 0 Å². The molecule has 1 aliphatic carbocycles. The number of carboxylic acid groups (broad SMARTS) is 1. The van der Waals surface area contributed by atoms with Gasteiger partial charge in [-0.05, 0) is 13.0 Å². The largest absolute Gasteiger partial charge is 0.499 e. The highest BCUT2D eigenvalue weighted by Crippen LogP contribution is 2.32. The van der Waals surface area contributed by atoms with E-state index in [1.165, 1.54) is 32.3 Å². The second-order valence-electron chi connectivity index (χ2n) is 2.96. The van der Waals surface area contributed by atoms with Gasteiger partial charge in [-0.15, -0.1) is 0 Å². The predicted molar refractivity (Wildman–Crippen MR) is 45.0 cm³/mol. The molecule has 0 saturated carbocycles. The molecule has 0 saturated heterocycles. The van der Waals surface area contributed by atoms with Crippen molar-refractivity contribution in [2.45, 2.75) is 6.92 Å². The number of carbonyl (C=O) groups excluding carboxylic acids is 1. The van der Waals surface area contributed by atoms with Gasteiger partial charge in [-0.3, -0.25) is 9.59 Å². The van der Waals surface area contributed by atoms with Crippen LogP contribution in [0.1, 0.15) is 6.92 Å². The first-order chi connectivity index (χ1) is 6.00. The molecule has 4 heteroatoms. The van der Waals surface area contributed by atoms with Gasteiger partial charge in [0.05, 0.1) is 7.11 Å². The van der Waals surface area contributed by atoms with Gasteiger partial charge in [-0.1, -0.05) is 6.08 Å². The van der Waals surface area contributed by atoms with Gasteiger partial charge in [0, 0.05) is 6.08 Å². The van der Waals surface area contributed by atoms with Gasteiger partial charge in [0.15, 0.2) is 5.78 Å². The van der Waals surface area contributed by atoms with Crippen molar-refractivity contribution in [3.8, 4) is 0 Å². The predicted octanol–water partition coefficient (Wildman–Crippen LogP) is 0.746. The van der Waals surface area contributed by atoms with Gasteiger partial charge >= 0.3 is 5.97 Å². The van der Waals surface area contributed by atoms with Crippen molar-refractivity contribution < 1.29 is 19.4 Å². The molecule has 1 aliphatic rings. The van der Waals surface area contributed by atoms with E-state index in [-0.39, 0.29) is 11.5 Å². The monoisotopic (exact) mass is 182 g/mol. The first-order valence-corrected chi connectivity index (χ1v) is 3.73. The molecule has 0 aromatic carbocycles.